The van der Waals surface area contributed by atoms with Crippen LogP contribution in [0.1, 0.15) is 33.4 Å². The number of rotatable bonds is 10. The monoisotopic (exact) mass is 1400 g/mol. The Labute approximate surface area is 644 Å². The molecule has 18 aromatic rings. The zero-order valence-corrected chi connectivity index (χ0v) is 62.4. The van der Waals surface area contributed by atoms with Gasteiger partial charge in [-0.15, -0.1) is 0 Å². The number of fused-ring (bicyclic) bond motifs is 8. The second-order valence-electron chi connectivity index (χ2n) is 31.2. The van der Waals surface area contributed by atoms with Crippen molar-refractivity contribution in [3.05, 3.63) is 373 Å². The van der Waals surface area contributed by atoms with E-state index in [2.05, 4.69) is 391 Å². The van der Waals surface area contributed by atoms with Gasteiger partial charge in [-0.3, -0.25) is 0 Å². The average Bonchev–Trinajstić information content (AvgIpc) is 0.662. The molecule has 0 atom stereocenters. The molecule has 4 heteroatoms. The molecule has 0 aromatic heterocycles. The lowest BCUT2D eigenvalue weighted by Crippen LogP contribution is -2.60. The van der Waals surface area contributed by atoms with Crippen molar-refractivity contribution in [2.75, 3.05) is 9.80 Å². The van der Waals surface area contributed by atoms with Crippen LogP contribution in [0, 0.1) is 41.5 Å². The Bertz CT molecular complexity index is 6300. The molecule has 0 radical (unpaired) electrons. The second-order valence-corrected chi connectivity index (χ2v) is 31.2. The van der Waals surface area contributed by atoms with Gasteiger partial charge in [-0.1, -0.05) is 301 Å². The molecule has 0 fully saturated rings. The van der Waals surface area contributed by atoms with Crippen LogP contribution in [0.4, 0.5) is 34.1 Å². The van der Waals surface area contributed by atoms with Crippen molar-refractivity contribution < 1.29 is 0 Å². The highest BCUT2D eigenvalue weighted by Crippen LogP contribution is 2.57. The van der Waals surface area contributed by atoms with Crippen molar-refractivity contribution in [2.45, 2.75) is 41.5 Å². The summed E-state index contributed by atoms with van der Waals surface area (Å²) < 4.78 is 0. The van der Waals surface area contributed by atoms with Gasteiger partial charge in [-0.05, 0) is 290 Å². The SMILES string of the molecule is Cc1cc(C)c(N2c3ccccc3B3c4c(cccc42)-c2cc(-c4c(-c5ccccc5)cc(-c5ccccc5)cc4-c4ccccc4)c4cc5c6c(cc(-c7c(-c8ccccc8)cc(-c8ccccc8)cc7-c7ccccc7)c7cc3c2c4c76)-c2cccc3c2B5c2ccccc2N3c2c(C)cc(C)cc2C)c(C)c1. The van der Waals surface area contributed by atoms with E-state index in [9.17, 15) is 0 Å². The molecular formula is C106H74B2N2. The van der Waals surface area contributed by atoms with E-state index >= 15 is 0 Å². The molecule has 18 aromatic carbocycles. The van der Waals surface area contributed by atoms with Crippen LogP contribution in [-0.2, 0) is 0 Å². The average molecular weight is 1400 g/mol. The highest BCUT2D eigenvalue weighted by molar-refractivity contribution is 7.02. The molecule has 0 spiro atoms. The molecule has 4 aliphatic heterocycles. The molecule has 0 amide bonds. The van der Waals surface area contributed by atoms with Gasteiger partial charge in [-0.25, -0.2) is 0 Å². The molecule has 514 valence electrons. The maximum atomic E-state index is 2.74. The Morgan fingerprint density at radius 2 is 0.491 bits per heavy atom. The molecule has 110 heavy (non-hydrogen) atoms. The summed E-state index contributed by atoms with van der Waals surface area (Å²) in [6.07, 6.45) is 0. The number of hydrogen-bond acceptors (Lipinski definition) is 2. The molecule has 4 heterocycles. The van der Waals surface area contributed by atoms with Crippen molar-refractivity contribution in [2.24, 2.45) is 0 Å². The number of hydrogen-bond donors (Lipinski definition) is 0. The van der Waals surface area contributed by atoms with E-state index in [1.807, 2.05) is 0 Å². The van der Waals surface area contributed by atoms with Gasteiger partial charge in [-0.2, -0.15) is 0 Å². The van der Waals surface area contributed by atoms with Crippen molar-refractivity contribution in [3.63, 3.8) is 0 Å². The highest BCUT2D eigenvalue weighted by atomic mass is 15.2. The smallest absolute Gasteiger partial charge is 0.248 e. The molecule has 0 N–H and O–H groups in total. The van der Waals surface area contributed by atoms with Crippen LogP contribution in [0.5, 0.6) is 0 Å². The summed E-state index contributed by atoms with van der Waals surface area (Å²) in [6, 6.07) is 131. The minimum absolute atomic E-state index is 0.148. The lowest BCUT2D eigenvalue weighted by Gasteiger charge is -2.43. The van der Waals surface area contributed by atoms with Crippen LogP contribution >= 0.6 is 0 Å². The number of aryl methyl sites for hydroxylation is 6. The number of benzene rings is 18. The summed E-state index contributed by atoms with van der Waals surface area (Å²) in [6.45, 7) is 13.4. The molecule has 0 aliphatic carbocycles. The van der Waals surface area contributed by atoms with E-state index in [1.165, 1.54) is 244 Å². The first-order valence-electron chi connectivity index (χ1n) is 38.9. The van der Waals surface area contributed by atoms with E-state index in [0.717, 1.165) is 0 Å². The molecule has 0 bridgehead atoms. The number of para-hydroxylation sites is 2. The van der Waals surface area contributed by atoms with E-state index in [-0.39, 0.29) is 13.4 Å². The maximum absolute atomic E-state index is 2.74. The maximum Gasteiger partial charge on any atom is 0.248 e. The topological polar surface area (TPSA) is 6.48 Å². The largest absolute Gasteiger partial charge is 0.311 e. The van der Waals surface area contributed by atoms with E-state index in [4.69, 9.17) is 0 Å². The standard InChI is InChI=1S/C106H74B2N2/c1-63-51-65(3)105(66(4)52-63)109-93-47-27-25-45-89(93)107-91-61-87-86(98-81(73-39-21-11-22-40-73)57-76(70-33-15-8-16-34-70)58-82(98)74-41-23-12-24-42-74)60-84-78-44-30-50-96-104(78)108(90-46-26-28-48-94(90)110(96)106-67(5)53-64(2)54-68(106)6)92-62-88-85(59-83(77-43-29-49-95(109)103(77)107)99(91)101(88)102(87)100(84)92)97-79(71-35-17-9-18-36-71)55-75(69-31-13-7-14-32-69)56-80(97)72-37-19-10-20-38-72/h7-62H,1-6H3. The zero-order chi connectivity index (χ0) is 73.3. The van der Waals surface area contributed by atoms with Gasteiger partial charge in [0.1, 0.15) is 0 Å². The summed E-state index contributed by atoms with van der Waals surface area (Å²) in [5.74, 6) is 0. The van der Waals surface area contributed by atoms with E-state index in [1.54, 1.807) is 0 Å². The third-order valence-corrected chi connectivity index (χ3v) is 24.7. The van der Waals surface area contributed by atoms with Crippen LogP contribution in [0.15, 0.2) is 340 Å². The minimum atomic E-state index is -0.148. The first kappa shape index (κ1) is 64.0. The van der Waals surface area contributed by atoms with Crippen LogP contribution in [-0.4, -0.2) is 13.4 Å². The summed E-state index contributed by atoms with van der Waals surface area (Å²) in [5.41, 5.74) is 46.8. The van der Waals surface area contributed by atoms with Crippen LogP contribution in [0.2, 0.25) is 0 Å². The quantitative estimate of drug-likeness (QED) is 0.0995. The van der Waals surface area contributed by atoms with E-state index < -0.39 is 0 Å². The normalized spacial score (nSPS) is 12.7. The van der Waals surface area contributed by atoms with Crippen LogP contribution in [0.3, 0.4) is 0 Å². The van der Waals surface area contributed by atoms with Crippen LogP contribution < -0.4 is 42.6 Å². The summed E-state index contributed by atoms with van der Waals surface area (Å²) in [4.78, 5) is 5.25. The van der Waals surface area contributed by atoms with Crippen molar-refractivity contribution >= 4 is 113 Å². The molecule has 4 aliphatic rings. The Morgan fingerprint density at radius 1 is 0.200 bits per heavy atom. The molecular weight excluding hydrogens is 1320 g/mol. The van der Waals surface area contributed by atoms with Gasteiger partial charge >= 0.3 is 0 Å². The first-order valence-corrected chi connectivity index (χ1v) is 38.9. The molecule has 22 rings (SSSR count). The fourth-order valence-corrected chi connectivity index (χ4v) is 20.6. The van der Waals surface area contributed by atoms with Gasteiger partial charge in [0.15, 0.2) is 0 Å². The lowest BCUT2D eigenvalue weighted by atomic mass is 9.31. The highest BCUT2D eigenvalue weighted by Gasteiger charge is 2.47. The predicted molar refractivity (Wildman–Crippen MR) is 472 cm³/mol. The summed E-state index contributed by atoms with van der Waals surface area (Å²) in [7, 11) is 0. The van der Waals surface area contributed by atoms with Gasteiger partial charge in [0.05, 0.1) is 11.4 Å². The Morgan fingerprint density at radius 3 is 0.818 bits per heavy atom. The van der Waals surface area contributed by atoms with Gasteiger partial charge < -0.3 is 9.80 Å². The Kier molecular flexibility index (Phi) is 14.3. The fraction of sp³-hybridized carbons (Fsp3) is 0.0566. The Hall–Kier alpha value is -13.3. The number of nitrogens with zero attached hydrogens (tertiary/aromatic N) is 2. The third kappa shape index (κ3) is 9.45. The second kappa shape index (κ2) is 24.6. The van der Waals surface area contributed by atoms with Crippen molar-refractivity contribution in [1.82, 2.24) is 0 Å². The first-order chi connectivity index (χ1) is 54.1. The molecule has 0 saturated carbocycles. The molecule has 0 unspecified atom stereocenters. The fourth-order valence-electron chi connectivity index (χ4n) is 20.6. The minimum Gasteiger partial charge on any atom is -0.311 e. The molecule has 0 saturated heterocycles. The third-order valence-electron chi connectivity index (χ3n) is 24.7. The zero-order valence-electron chi connectivity index (χ0n) is 62.4. The van der Waals surface area contributed by atoms with Crippen molar-refractivity contribution in [1.29, 1.82) is 0 Å². The Balaban J connectivity index is 0.987. The van der Waals surface area contributed by atoms with Gasteiger partial charge in [0, 0.05) is 22.7 Å². The summed E-state index contributed by atoms with van der Waals surface area (Å²) >= 11 is 0. The van der Waals surface area contributed by atoms with Gasteiger partial charge in [0.25, 0.3) is 0 Å². The van der Waals surface area contributed by atoms with E-state index in [0.29, 0.717) is 0 Å². The summed E-state index contributed by atoms with van der Waals surface area (Å²) in [5, 5.41) is 7.74. The molecule has 2 nitrogen and oxygen atoms in total. The number of anilines is 6. The lowest BCUT2D eigenvalue weighted by molar-refractivity contribution is 1.21. The van der Waals surface area contributed by atoms with Crippen molar-refractivity contribution in [3.8, 4) is 111 Å². The van der Waals surface area contributed by atoms with Crippen LogP contribution in [0.25, 0.3) is 144 Å². The van der Waals surface area contributed by atoms with Gasteiger partial charge in [0.2, 0.25) is 13.4 Å². The predicted octanol–water partition coefficient (Wildman–Crippen LogP) is 24.3.